The van der Waals surface area contributed by atoms with Gasteiger partial charge >= 0.3 is 0 Å². The zero-order valence-electron chi connectivity index (χ0n) is 10.3. The van der Waals surface area contributed by atoms with Crippen LogP contribution >= 0.6 is 11.3 Å². The third-order valence-electron chi connectivity index (χ3n) is 2.33. The van der Waals surface area contributed by atoms with Crippen molar-refractivity contribution in [3.8, 4) is 0 Å². The molecule has 0 spiro atoms. The lowest BCUT2D eigenvalue weighted by Crippen LogP contribution is -2.11. The molecule has 18 heavy (non-hydrogen) atoms. The van der Waals surface area contributed by atoms with Gasteiger partial charge in [-0.05, 0) is 20.8 Å². The van der Waals surface area contributed by atoms with Crippen LogP contribution in [-0.4, -0.2) is 27.8 Å². The number of amides is 1. The number of carbonyl (C=O) groups is 1. The number of hydrogen-bond acceptors (Lipinski definition) is 7. The van der Waals surface area contributed by atoms with Gasteiger partial charge in [-0.3, -0.25) is 10.1 Å². The first-order valence-electron chi connectivity index (χ1n) is 5.43. The number of rotatable bonds is 4. The highest BCUT2D eigenvalue weighted by Crippen LogP contribution is 2.20. The maximum atomic E-state index is 11.9. The molecule has 2 aromatic heterocycles. The minimum atomic E-state index is -0.351. The predicted octanol–water partition coefficient (Wildman–Crippen LogP) is 1.83. The van der Waals surface area contributed by atoms with E-state index in [2.05, 4.69) is 26.0 Å². The fourth-order valence-electron chi connectivity index (χ4n) is 1.23. The minimum Gasteiger partial charge on any atom is -0.360 e. The van der Waals surface area contributed by atoms with Crippen LogP contribution in [0.3, 0.4) is 0 Å². The molecule has 2 N–H and O–H groups in total. The molecular formula is C10H13N5O2S. The third-order valence-corrected chi connectivity index (χ3v) is 3.21. The highest BCUT2D eigenvalue weighted by Gasteiger charge is 2.17. The van der Waals surface area contributed by atoms with Gasteiger partial charge in [-0.2, -0.15) is 0 Å². The Morgan fingerprint density at radius 2 is 2.17 bits per heavy atom. The molecule has 0 aliphatic rings. The van der Waals surface area contributed by atoms with Gasteiger partial charge in [0.15, 0.2) is 0 Å². The van der Waals surface area contributed by atoms with Gasteiger partial charge in [0, 0.05) is 12.1 Å². The van der Waals surface area contributed by atoms with Crippen molar-refractivity contribution in [2.24, 2.45) is 0 Å². The summed E-state index contributed by atoms with van der Waals surface area (Å²) < 4.78 is 5.00. The molecule has 0 radical (unpaired) electrons. The molecule has 96 valence electrons. The first kappa shape index (κ1) is 12.5. The number of carbonyl (C=O) groups excluding carboxylic acids is 1. The Bertz CT molecular complexity index is 562. The Labute approximate surface area is 108 Å². The highest BCUT2D eigenvalue weighted by molar-refractivity contribution is 7.17. The number of aryl methyl sites for hydroxylation is 1. The molecule has 0 atom stereocenters. The molecule has 2 aromatic rings. The smallest absolute Gasteiger partial charge is 0.289 e. The molecular weight excluding hydrogens is 254 g/mol. The van der Waals surface area contributed by atoms with Crippen molar-refractivity contribution in [3.05, 3.63) is 16.3 Å². The third kappa shape index (κ3) is 2.48. The monoisotopic (exact) mass is 267 g/mol. The zero-order valence-corrected chi connectivity index (χ0v) is 11.1. The van der Waals surface area contributed by atoms with E-state index in [-0.39, 0.29) is 10.9 Å². The van der Waals surface area contributed by atoms with Crippen LogP contribution in [-0.2, 0) is 0 Å². The van der Waals surface area contributed by atoms with E-state index in [1.807, 2.05) is 20.8 Å². The van der Waals surface area contributed by atoms with Crippen molar-refractivity contribution < 1.29 is 9.32 Å². The number of nitrogens with zero attached hydrogens (tertiary/aromatic N) is 3. The Hall–Kier alpha value is -1.96. The van der Waals surface area contributed by atoms with Crippen LogP contribution < -0.4 is 10.6 Å². The molecule has 0 fully saturated rings. The SMILES string of the molecule is CCNc1nnc(C(=O)Nc2onc(C)c2C)s1. The molecule has 7 nitrogen and oxygen atoms in total. The summed E-state index contributed by atoms with van der Waals surface area (Å²) in [4.78, 5) is 11.9. The Morgan fingerprint density at radius 1 is 1.39 bits per heavy atom. The first-order chi connectivity index (χ1) is 8.61. The van der Waals surface area contributed by atoms with Crippen LogP contribution in [0.2, 0.25) is 0 Å². The number of anilines is 2. The lowest BCUT2D eigenvalue weighted by atomic mass is 10.3. The molecule has 0 unspecified atom stereocenters. The van der Waals surface area contributed by atoms with E-state index in [0.29, 0.717) is 11.0 Å². The van der Waals surface area contributed by atoms with Crippen molar-refractivity contribution in [1.29, 1.82) is 0 Å². The molecule has 0 aliphatic carbocycles. The second-order valence-corrected chi connectivity index (χ2v) is 4.60. The van der Waals surface area contributed by atoms with Gasteiger partial charge in [0.1, 0.15) is 0 Å². The van der Waals surface area contributed by atoms with Gasteiger partial charge in [0.05, 0.1) is 5.69 Å². The van der Waals surface area contributed by atoms with Crippen LogP contribution in [0.4, 0.5) is 11.0 Å². The fourth-order valence-corrected chi connectivity index (χ4v) is 1.93. The normalized spacial score (nSPS) is 10.4. The van der Waals surface area contributed by atoms with Crippen molar-refractivity contribution in [2.75, 3.05) is 17.2 Å². The van der Waals surface area contributed by atoms with Gasteiger partial charge in [-0.25, -0.2) is 0 Å². The van der Waals surface area contributed by atoms with Crippen molar-refractivity contribution in [2.45, 2.75) is 20.8 Å². The molecule has 0 saturated carbocycles. The second-order valence-electron chi connectivity index (χ2n) is 3.62. The molecule has 8 heteroatoms. The molecule has 0 aliphatic heterocycles. The van der Waals surface area contributed by atoms with Crippen LogP contribution in [0.5, 0.6) is 0 Å². The Kier molecular flexibility index (Phi) is 3.56. The summed E-state index contributed by atoms with van der Waals surface area (Å²) in [7, 11) is 0. The summed E-state index contributed by atoms with van der Waals surface area (Å²) in [6, 6.07) is 0. The quantitative estimate of drug-likeness (QED) is 0.877. The van der Waals surface area contributed by atoms with E-state index in [0.717, 1.165) is 17.8 Å². The average molecular weight is 267 g/mol. The van der Waals surface area contributed by atoms with Gasteiger partial charge in [0.2, 0.25) is 16.0 Å². The number of hydrogen-bond donors (Lipinski definition) is 2. The van der Waals surface area contributed by atoms with Gasteiger partial charge in [-0.15, -0.1) is 10.2 Å². The van der Waals surface area contributed by atoms with Gasteiger partial charge in [0.25, 0.3) is 5.91 Å². The zero-order chi connectivity index (χ0) is 13.1. The summed E-state index contributed by atoms with van der Waals surface area (Å²) in [5.74, 6) is -0.00592. The van der Waals surface area contributed by atoms with Crippen LogP contribution in [0.25, 0.3) is 0 Å². The first-order valence-corrected chi connectivity index (χ1v) is 6.25. The molecule has 1 amide bonds. The molecule has 0 bridgehead atoms. The largest absolute Gasteiger partial charge is 0.360 e. The highest BCUT2D eigenvalue weighted by atomic mass is 32.1. The lowest BCUT2D eigenvalue weighted by molar-refractivity contribution is 0.102. The second kappa shape index (κ2) is 5.13. The van der Waals surface area contributed by atoms with Crippen molar-refractivity contribution in [1.82, 2.24) is 15.4 Å². The molecule has 2 rings (SSSR count). The summed E-state index contributed by atoms with van der Waals surface area (Å²) in [5.41, 5.74) is 1.55. The van der Waals surface area contributed by atoms with E-state index in [1.54, 1.807) is 0 Å². The Balaban J connectivity index is 2.09. The number of nitrogens with one attached hydrogen (secondary N) is 2. The minimum absolute atomic E-state index is 0.277. The number of aromatic nitrogens is 3. The average Bonchev–Trinajstić information content (AvgIpc) is 2.92. The summed E-state index contributed by atoms with van der Waals surface area (Å²) >= 11 is 1.19. The molecule has 0 aromatic carbocycles. The molecule has 2 heterocycles. The van der Waals surface area contributed by atoms with E-state index in [1.165, 1.54) is 11.3 Å². The lowest BCUT2D eigenvalue weighted by Gasteiger charge is -1.97. The van der Waals surface area contributed by atoms with E-state index < -0.39 is 0 Å². The van der Waals surface area contributed by atoms with E-state index in [4.69, 9.17) is 4.52 Å². The predicted molar refractivity (Wildman–Crippen MR) is 68.0 cm³/mol. The van der Waals surface area contributed by atoms with E-state index >= 15 is 0 Å². The summed E-state index contributed by atoms with van der Waals surface area (Å²) in [6.45, 7) is 6.31. The maximum absolute atomic E-state index is 11.9. The topological polar surface area (TPSA) is 92.9 Å². The fraction of sp³-hybridized carbons (Fsp3) is 0.400. The van der Waals surface area contributed by atoms with Gasteiger partial charge < -0.3 is 9.84 Å². The molecule has 0 saturated heterocycles. The van der Waals surface area contributed by atoms with Crippen LogP contribution in [0.1, 0.15) is 28.0 Å². The van der Waals surface area contributed by atoms with Gasteiger partial charge in [-0.1, -0.05) is 16.5 Å². The van der Waals surface area contributed by atoms with Crippen molar-refractivity contribution in [3.63, 3.8) is 0 Å². The summed E-state index contributed by atoms with van der Waals surface area (Å²) in [5, 5.41) is 17.9. The van der Waals surface area contributed by atoms with Crippen LogP contribution in [0.15, 0.2) is 4.52 Å². The summed E-state index contributed by atoms with van der Waals surface area (Å²) in [6.07, 6.45) is 0. The Morgan fingerprint density at radius 3 is 2.78 bits per heavy atom. The van der Waals surface area contributed by atoms with Crippen molar-refractivity contribution >= 4 is 28.3 Å². The maximum Gasteiger partial charge on any atom is 0.289 e. The van der Waals surface area contributed by atoms with E-state index in [9.17, 15) is 4.79 Å². The standard InChI is InChI=1S/C10H13N5O2S/c1-4-11-10-14-13-9(18-10)7(16)12-8-5(2)6(3)15-17-8/h4H2,1-3H3,(H,11,14)(H,12,16). The van der Waals surface area contributed by atoms with Crippen LogP contribution in [0, 0.1) is 13.8 Å².